The minimum Gasteiger partial charge on any atom is -0.349 e. The van der Waals surface area contributed by atoms with Crippen LogP contribution in [0.3, 0.4) is 0 Å². The van der Waals surface area contributed by atoms with Crippen LogP contribution in [0.15, 0.2) is 6.07 Å². The number of carbonyl (C=O) groups is 1. The highest BCUT2D eigenvalue weighted by Crippen LogP contribution is 2.55. The molecule has 8 heteroatoms. The molecule has 1 N–H and O–H groups in total. The van der Waals surface area contributed by atoms with Gasteiger partial charge in [0.05, 0.1) is 0 Å². The minimum absolute atomic E-state index is 0.241. The first-order valence-corrected chi connectivity index (χ1v) is 8.78. The van der Waals surface area contributed by atoms with E-state index in [9.17, 15) is 22.4 Å². The molecular weight excluding hydrogens is 338 g/mol. The third-order valence-corrected chi connectivity index (χ3v) is 6.01. The molecule has 4 fully saturated rings. The molecule has 4 bridgehead atoms. The van der Waals surface area contributed by atoms with E-state index < -0.39 is 36.7 Å². The molecular formula is C17H21F4N3O. The number of hydrogen-bond donors (Lipinski definition) is 1. The number of aromatic nitrogens is 2. The molecule has 1 aromatic rings. The fourth-order valence-corrected chi connectivity index (χ4v) is 5.60. The van der Waals surface area contributed by atoms with Gasteiger partial charge in [0.1, 0.15) is 17.9 Å². The molecule has 4 saturated carbocycles. The molecule has 0 atom stereocenters. The van der Waals surface area contributed by atoms with Crippen molar-refractivity contribution in [1.82, 2.24) is 15.1 Å². The van der Waals surface area contributed by atoms with Gasteiger partial charge in [0.2, 0.25) is 5.91 Å². The SMILES string of the molecule is O=C(Cn1nc(C(F)F)cc1C(F)F)NC12CC3CC(CC(C3)C1)C2. The predicted molar refractivity (Wildman–Crippen MR) is 81.2 cm³/mol. The van der Waals surface area contributed by atoms with E-state index in [2.05, 4.69) is 10.4 Å². The number of carbonyl (C=O) groups excluding carboxylic acids is 1. The standard InChI is InChI=1S/C17H21F4N3O/c18-15(19)12-4-13(16(20)21)24(23-12)8-14(25)22-17-5-9-1-10(6-17)3-11(2-9)7-17/h4,9-11,15-16H,1-3,5-8H2,(H,22,25). The normalized spacial score (nSPS) is 33.4. The summed E-state index contributed by atoms with van der Waals surface area (Å²) >= 11 is 0. The summed E-state index contributed by atoms with van der Waals surface area (Å²) < 4.78 is 52.2. The lowest BCUT2D eigenvalue weighted by Gasteiger charge is -2.56. The van der Waals surface area contributed by atoms with Crippen molar-refractivity contribution >= 4 is 5.91 Å². The van der Waals surface area contributed by atoms with Crippen LogP contribution in [-0.4, -0.2) is 21.2 Å². The molecule has 4 aliphatic carbocycles. The van der Waals surface area contributed by atoms with Gasteiger partial charge in [0, 0.05) is 5.54 Å². The van der Waals surface area contributed by atoms with Crippen LogP contribution in [0.4, 0.5) is 17.6 Å². The lowest BCUT2D eigenvalue weighted by Crippen LogP contribution is -2.60. The zero-order valence-electron chi connectivity index (χ0n) is 13.7. The Bertz CT molecular complexity index is 638. The Balaban J connectivity index is 1.48. The maximum Gasteiger partial charge on any atom is 0.282 e. The summed E-state index contributed by atoms with van der Waals surface area (Å²) in [5.41, 5.74) is -1.61. The van der Waals surface area contributed by atoms with Gasteiger partial charge in [-0.05, 0) is 62.3 Å². The summed E-state index contributed by atoms with van der Waals surface area (Å²) in [5.74, 6) is 1.49. The molecule has 4 aliphatic rings. The first-order valence-electron chi connectivity index (χ1n) is 8.78. The first kappa shape index (κ1) is 16.8. The Morgan fingerprint density at radius 2 is 1.68 bits per heavy atom. The fraction of sp³-hybridized carbons (Fsp3) is 0.765. The van der Waals surface area contributed by atoms with E-state index in [0.717, 1.165) is 19.3 Å². The van der Waals surface area contributed by atoms with E-state index >= 15 is 0 Å². The van der Waals surface area contributed by atoms with Gasteiger partial charge in [0.25, 0.3) is 12.9 Å². The first-order chi connectivity index (χ1) is 11.8. The number of nitrogens with one attached hydrogen (secondary N) is 1. The molecule has 0 unspecified atom stereocenters. The number of alkyl halides is 4. The monoisotopic (exact) mass is 359 g/mol. The van der Waals surface area contributed by atoms with Crippen LogP contribution < -0.4 is 5.32 Å². The topological polar surface area (TPSA) is 46.9 Å². The average Bonchev–Trinajstić information content (AvgIpc) is 2.89. The van der Waals surface area contributed by atoms with Crippen LogP contribution in [0.2, 0.25) is 0 Å². The number of hydrogen-bond acceptors (Lipinski definition) is 2. The highest BCUT2D eigenvalue weighted by molar-refractivity contribution is 5.76. The lowest BCUT2D eigenvalue weighted by atomic mass is 9.53. The van der Waals surface area contributed by atoms with Crippen molar-refractivity contribution in [1.29, 1.82) is 0 Å². The van der Waals surface area contributed by atoms with E-state index in [4.69, 9.17) is 0 Å². The van der Waals surface area contributed by atoms with E-state index in [1.165, 1.54) is 19.3 Å². The van der Waals surface area contributed by atoms with Crippen molar-refractivity contribution in [3.05, 3.63) is 17.5 Å². The number of amides is 1. The third kappa shape index (κ3) is 3.15. The molecule has 0 saturated heterocycles. The van der Waals surface area contributed by atoms with Crippen molar-refractivity contribution in [2.45, 2.75) is 63.5 Å². The van der Waals surface area contributed by atoms with Crippen molar-refractivity contribution in [2.24, 2.45) is 17.8 Å². The molecule has 0 aromatic carbocycles. The maximum atomic E-state index is 13.0. The van der Waals surface area contributed by atoms with Crippen molar-refractivity contribution in [3.63, 3.8) is 0 Å². The highest BCUT2D eigenvalue weighted by atomic mass is 19.3. The van der Waals surface area contributed by atoms with Crippen LogP contribution in [0.1, 0.15) is 62.8 Å². The smallest absolute Gasteiger partial charge is 0.282 e. The molecule has 138 valence electrons. The molecule has 1 aromatic heterocycles. The van der Waals surface area contributed by atoms with Crippen LogP contribution in [0, 0.1) is 17.8 Å². The van der Waals surface area contributed by atoms with Gasteiger partial charge in [-0.15, -0.1) is 0 Å². The van der Waals surface area contributed by atoms with Crippen molar-refractivity contribution in [2.75, 3.05) is 0 Å². The second kappa shape index (κ2) is 5.99. The Hall–Kier alpha value is -1.60. The summed E-state index contributed by atoms with van der Waals surface area (Å²) in [6.07, 6.45) is 0.595. The van der Waals surface area contributed by atoms with Gasteiger partial charge in [0.15, 0.2) is 0 Å². The second-order valence-corrected chi connectivity index (χ2v) is 8.00. The number of halogens is 4. The van der Waals surface area contributed by atoms with E-state index in [-0.39, 0.29) is 5.54 Å². The molecule has 0 spiro atoms. The van der Waals surface area contributed by atoms with Crippen LogP contribution in [0.25, 0.3) is 0 Å². The number of nitrogens with zero attached hydrogens (tertiary/aromatic N) is 2. The molecule has 5 rings (SSSR count). The third-order valence-electron chi connectivity index (χ3n) is 6.01. The Morgan fingerprint density at radius 3 is 2.16 bits per heavy atom. The van der Waals surface area contributed by atoms with Crippen LogP contribution >= 0.6 is 0 Å². The quantitative estimate of drug-likeness (QED) is 0.812. The van der Waals surface area contributed by atoms with E-state index in [1.807, 2.05) is 0 Å². The Labute approximate surface area is 143 Å². The summed E-state index contributed by atoms with van der Waals surface area (Å²) in [5, 5.41) is 6.54. The zero-order valence-corrected chi connectivity index (χ0v) is 13.7. The van der Waals surface area contributed by atoms with Gasteiger partial charge < -0.3 is 5.32 Å². The second-order valence-electron chi connectivity index (χ2n) is 8.00. The van der Waals surface area contributed by atoms with Gasteiger partial charge >= 0.3 is 0 Å². The molecule has 1 heterocycles. The van der Waals surface area contributed by atoms with Crippen molar-refractivity contribution < 1.29 is 22.4 Å². The number of rotatable bonds is 5. The zero-order chi connectivity index (χ0) is 17.8. The van der Waals surface area contributed by atoms with Crippen LogP contribution in [-0.2, 0) is 11.3 Å². The predicted octanol–water partition coefficient (Wildman–Crippen LogP) is 3.84. The van der Waals surface area contributed by atoms with Gasteiger partial charge in [-0.1, -0.05) is 0 Å². The minimum atomic E-state index is -2.95. The molecule has 25 heavy (non-hydrogen) atoms. The van der Waals surface area contributed by atoms with Gasteiger partial charge in [-0.25, -0.2) is 17.6 Å². The van der Waals surface area contributed by atoms with E-state index in [0.29, 0.717) is 28.5 Å². The Morgan fingerprint density at radius 1 is 1.12 bits per heavy atom. The largest absolute Gasteiger partial charge is 0.349 e. The Kier molecular flexibility index (Phi) is 4.03. The van der Waals surface area contributed by atoms with Gasteiger partial charge in [-0.3, -0.25) is 9.48 Å². The van der Waals surface area contributed by atoms with Crippen molar-refractivity contribution in [3.8, 4) is 0 Å². The summed E-state index contributed by atoms with van der Waals surface area (Å²) in [7, 11) is 0. The molecule has 0 aliphatic heterocycles. The van der Waals surface area contributed by atoms with E-state index in [1.54, 1.807) is 0 Å². The lowest BCUT2D eigenvalue weighted by molar-refractivity contribution is -0.127. The maximum absolute atomic E-state index is 13.0. The summed E-state index contributed by atoms with van der Waals surface area (Å²) in [6, 6.07) is 0.674. The molecule has 4 nitrogen and oxygen atoms in total. The average molecular weight is 359 g/mol. The molecule has 0 radical (unpaired) electrons. The highest BCUT2D eigenvalue weighted by Gasteiger charge is 2.51. The summed E-state index contributed by atoms with van der Waals surface area (Å²) in [6.45, 7) is -0.450. The molecule has 1 amide bonds. The fourth-order valence-electron chi connectivity index (χ4n) is 5.60. The van der Waals surface area contributed by atoms with Crippen LogP contribution in [0.5, 0.6) is 0 Å². The summed E-state index contributed by atoms with van der Waals surface area (Å²) in [4.78, 5) is 12.4. The van der Waals surface area contributed by atoms with Gasteiger partial charge in [-0.2, -0.15) is 5.10 Å².